The minimum Gasteiger partial charge on any atom is -1.00 e. The zero-order chi connectivity index (χ0) is 17.5. The molecule has 0 aliphatic carbocycles. The van der Waals surface area contributed by atoms with E-state index in [1.165, 1.54) is 39.6 Å². The lowest BCUT2D eigenvalue weighted by atomic mass is 10.0. The smallest absolute Gasteiger partial charge is 0.267 e. The quantitative estimate of drug-likeness (QED) is 0.440. The Bertz CT molecular complexity index is 1080. The summed E-state index contributed by atoms with van der Waals surface area (Å²) in [6.45, 7) is 2.13. The van der Waals surface area contributed by atoms with Gasteiger partial charge >= 0.3 is 0 Å². The fourth-order valence-corrected chi connectivity index (χ4v) is 3.94. The fourth-order valence-electron chi connectivity index (χ4n) is 3.94. The summed E-state index contributed by atoms with van der Waals surface area (Å²) in [6.07, 6.45) is 4.42. The van der Waals surface area contributed by atoms with Gasteiger partial charge in [0.2, 0.25) is 0 Å². The Morgan fingerprint density at radius 2 is 1.48 bits per heavy atom. The highest BCUT2D eigenvalue weighted by atomic mass is 79.9. The third kappa shape index (κ3) is 3.02. The lowest BCUT2D eigenvalue weighted by Crippen LogP contribution is -3.00. The molecular weight excluding hydrogens is 396 g/mol. The van der Waals surface area contributed by atoms with Crippen LogP contribution >= 0.6 is 0 Å². The van der Waals surface area contributed by atoms with Crippen molar-refractivity contribution in [3.63, 3.8) is 0 Å². The molecule has 1 aliphatic rings. The third-order valence-corrected chi connectivity index (χ3v) is 5.26. The SMILES string of the molecule is Cc1ccc(-c2c[n+]3c(n2-c2ccccc2)CCc2ccccc2-3)cc1.[Br-]. The molecule has 0 spiro atoms. The molecule has 0 N–H and O–H groups in total. The average Bonchev–Trinajstić information content (AvgIpc) is 3.09. The van der Waals surface area contributed by atoms with Crippen LogP contribution in [-0.4, -0.2) is 4.57 Å². The van der Waals surface area contributed by atoms with Gasteiger partial charge in [0.15, 0.2) is 5.69 Å². The Morgan fingerprint density at radius 3 is 2.26 bits per heavy atom. The van der Waals surface area contributed by atoms with Gasteiger partial charge in [-0.05, 0) is 37.1 Å². The second-order valence-electron chi connectivity index (χ2n) is 6.97. The first kappa shape index (κ1) is 17.7. The summed E-state index contributed by atoms with van der Waals surface area (Å²) in [5, 5.41) is 0. The van der Waals surface area contributed by atoms with E-state index >= 15 is 0 Å². The number of imidazole rings is 1. The maximum absolute atomic E-state index is 2.42. The number of nitrogens with zero attached hydrogens (tertiary/aromatic N) is 2. The Kier molecular flexibility index (Phi) is 4.71. The summed E-state index contributed by atoms with van der Waals surface area (Å²) < 4.78 is 4.79. The van der Waals surface area contributed by atoms with Gasteiger partial charge in [-0.15, -0.1) is 0 Å². The molecule has 1 aliphatic heterocycles. The molecule has 0 saturated carbocycles. The first-order valence-electron chi connectivity index (χ1n) is 9.18. The number of hydrogen-bond acceptors (Lipinski definition) is 0. The van der Waals surface area contributed by atoms with Crippen LogP contribution in [0.3, 0.4) is 0 Å². The molecule has 2 heterocycles. The molecule has 2 nitrogen and oxygen atoms in total. The van der Waals surface area contributed by atoms with Gasteiger partial charge in [-0.1, -0.05) is 66.2 Å². The molecule has 4 aromatic rings. The normalized spacial score (nSPS) is 12.0. The monoisotopic (exact) mass is 416 g/mol. The Balaban J connectivity index is 0.00000180. The Morgan fingerprint density at radius 1 is 0.778 bits per heavy atom. The maximum atomic E-state index is 2.42. The van der Waals surface area contributed by atoms with Crippen LogP contribution in [-0.2, 0) is 12.8 Å². The number of aryl methyl sites for hydroxylation is 2. The molecular formula is C24H21BrN2. The second-order valence-corrected chi connectivity index (χ2v) is 6.97. The molecule has 27 heavy (non-hydrogen) atoms. The number of aromatic nitrogens is 2. The molecule has 134 valence electrons. The van der Waals surface area contributed by atoms with E-state index in [2.05, 4.69) is 101 Å². The Labute approximate surface area is 170 Å². The van der Waals surface area contributed by atoms with Crippen LogP contribution in [0.5, 0.6) is 0 Å². The molecule has 5 rings (SSSR count). The standard InChI is InChI=1S/C24H21N2.BrH/c1-18-11-13-20(14-12-18)23-17-25-22-10-6-5-7-19(22)15-16-24(25)26(23)21-8-3-2-4-9-21;/h2-14,17H,15-16H2,1H3;1H/q+1;/p-1. The topological polar surface area (TPSA) is 8.81 Å². The molecule has 0 amide bonds. The lowest BCUT2D eigenvalue weighted by Gasteiger charge is -2.13. The van der Waals surface area contributed by atoms with Crippen LogP contribution < -0.4 is 21.5 Å². The molecule has 1 aromatic heterocycles. The van der Waals surface area contributed by atoms with Crippen molar-refractivity contribution in [3.05, 3.63) is 102 Å². The largest absolute Gasteiger partial charge is 1.00 e. The van der Waals surface area contributed by atoms with E-state index in [0.29, 0.717) is 0 Å². The first-order valence-corrected chi connectivity index (χ1v) is 9.18. The van der Waals surface area contributed by atoms with Crippen LogP contribution in [0.2, 0.25) is 0 Å². The number of fused-ring (bicyclic) bond motifs is 3. The van der Waals surface area contributed by atoms with Crippen molar-refractivity contribution in [2.75, 3.05) is 0 Å². The van der Waals surface area contributed by atoms with Gasteiger partial charge in [0.05, 0.1) is 6.42 Å². The summed E-state index contributed by atoms with van der Waals surface area (Å²) in [5.41, 5.74) is 7.72. The summed E-state index contributed by atoms with van der Waals surface area (Å²) in [7, 11) is 0. The van der Waals surface area contributed by atoms with Crippen molar-refractivity contribution >= 4 is 0 Å². The number of para-hydroxylation sites is 2. The van der Waals surface area contributed by atoms with Crippen LogP contribution in [0.1, 0.15) is 17.0 Å². The molecule has 3 aromatic carbocycles. The minimum absolute atomic E-state index is 0. The zero-order valence-corrected chi connectivity index (χ0v) is 16.9. The van der Waals surface area contributed by atoms with Gasteiger partial charge in [0.25, 0.3) is 5.82 Å². The maximum Gasteiger partial charge on any atom is 0.267 e. The van der Waals surface area contributed by atoms with Gasteiger partial charge in [-0.2, -0.15) is 9.13 Å². The van der Waals surface area contributed by atoms with Crippen molar-refractivity contribution in [1.82, 2.24) is 4.57 Å². The van der Waals surface area contributed by atoms with E-state index < -0.39 is 0 Å². The molecule has 3 heteroatoms. The highest BCUT2D eigenvalue weighted by Gasteiger charge is 2.30. The zero-order valence-electron chi connectivity index (χ0n) is 15.3. The van der Waals surface area contributed by atoms with Crippen molar-refractivity contribution in [1.29, 1.82) is 0 Å². The predicted octanol–water partition coefficient (Wildman–Crippen LogP) is 1.83. The van der Waals surface area contributed by atoms with Crippen LogP contribution in [0.25, 0.3) is 22.6 Å². The summed E-state index contributed by atoms with van der Waals surface area (Å²) >= 11 is 0. The summed E-state index contributed by atoms with van der Waals surface area (Å²) in [4.78, 5) is 0. The fraction of sp³-hybridized carbons (Fsp3) is 0.125. The van der Waals surface area contributed by atoms with Crippen molar-refractivity contribution in [2.24, 2.45) is 0 Å². The highest BCUT2D eigenvalue weighted by Crippen LogP contribution is 2.29. The van der Waals surface area contributed by atoms with E-state index in [1.54, 1.807) is 0 Å². The van der Waals surface area contributed by atoms with E-state index in [9.17, 15) is 0 Å². The first-order chi connectivity index (χ1) is 12.8. The number of halogens is 1. The van der Waals surface area contributed by atoms with E-state index in [1.807, 2.05) is 0 Å². The van der Waals surface area contributed by atoms with Crippen molar-refractivity contribution in [3.8, 4) is 22.6 Å². The molecule has 0 fully saturated rings. The number of rotatable bonds is 2. The second kappa shape index (κ2) is 7.16. The van der Waals surface area contributed by atoms with Crippen molar-refractivity contribution < 1.29 is 21.5 Å². The average molecular weight is 417 g/mol. The van der Waals surface area contributed by atoms with E-state index in [-0.39, 0.29) is 17.0 Å². The van der Waals surface area contributed by atoms with Gasteiger partial charge < -0.3 is 17.0 Å². The molecule has 0 radical (unpaired) electrons. The summed E-state index contributed by atoms with van der Waals surface area (Å²) in [6, 6.07) is 28.3. The molecule has 0 bridgehead atoms. The van der Waals surface area contributed by atoms with Crippen LogP contribution in [0.15, 0.2) is 85.1 Å². The van der Waals surface area contributed by atoms with Crippen LogP contribution in [0.4, 0.5) is 0 Å². The van der Waals surface area contributed by atoms with E-state index in [0.717, 1.165) is 12.8 Å². The minimum atomic E-state index is 0. The molecule has 0 atom stereocenters. The summed E-state index contributed by atoms with van der Waals surface area (Å²) in [5.74, 6) is 1.34. The predicted molar refractivity (Wildman–Crippen MR) is 105 cm³/mol. The lowest BCUT2D eigenvalue weighted by molar-refractivity contribution is -0.606. The van der Waals surface area contributed by atoms with Gasteiger partial charge in [-0.25, -0.2) is 0 Å². The van der Waals surface area contributed by atoms with Gasteiger partial charge in [-0.3, -0.25) is 0 Å². The van der Waals surface area contributed by atoms with Crippen molar-refractivity contribution in [2.45, 2.75) is 19.8 Å². The Hall–Kier alpha value is -2.65. The highest BCUT2D eigenvalue weighted by molar-refractivity contribution is 5.62. The number of hydrogen-bond donors (Lipinski definition) is 0. The molecule has 0 saturated heterocycles. The molecule has 0 unspecified atom stereocenters. The van der Waals surface area contributed by atoms with Gasteiger partial charge in [0, 0.05) is 5.56 Å². The third-order valence-electron chi connectivity index (χ3n) is 5.26. The number of benzene rings is 3. The van der Waals surface area contributed by atoms with Gasteiger partial charge in [0.1, 0.15) is 17.6 Å². The van der Waals surface area contributed by atoms with Crippen LogP contribution in [0, 0.1) is 6.92 Å². The van der Waals surface area contributed by atoms with E-state index in [4.69, 9.17) is 0 Å².